The average molecular weight is 278 g/mol. The van der Waals surface area contributed by atoms with Gasteiger partial charge in [-0.15, -0.1) is 22.9 Å². The molecule has 0 saturated heterocycles. The fourth-order valence-electron chi connectivity index (χ4n) is 1.33. The first-order valence-electron chi connectivity index (χ1n) is 4.69. The van der Waals surface area contributed by atoms with Crippen LogP contribution >= 0.6 is 22.9 Å². The molecule has 1 aromatic carbocycles. The van der Waals surface area contributed by atoms with E-state index in [1.54, 1.807) is 12.3 Å². The highest BCUT2D eigenvalue weighted by Gasteiger charge is 2.30. The van der Waals surface area contributed by atoms with Crippen LogP contribution in [0, 0.1) is 0 Å². The van der Waals surface area contributed by atoms with Crippen molar-refractivity contribution in [1.82, 2.24) is 4.98 Å². The van der Waals surface area contributed by atoms with Crippen molar-refractivity contribution in [2.24, 2.45) is 0 Å². The minimum absolute atomic E-state index is 0.316. The summed E-state index contributed by atoms with van der Waals surface area (Å²) in [6.07, 6.45) is -2.75. The predicted octanol–water partition coefficient (Wildman–Crippen LogP) is 4.57. The Labute approximate surface area is 105 Å². The van der Waals surface area contributed by atoms with Crippen LogP contribution in [0.25, 0.3) is 10.6 Å². The van der Waals surface area contributed by atoms with Crippen LogP contribution in [0.15, 0.2) is 30.5 Å². The highest BCUT2D eigenvalue weighted by molar-refractivity contribution is 7.15. The van der Waals surface area contributed by atoms with Crippen molar-refractivity contribution in [3.63, 3.8) is 0 Å². The van der Waals surface area contributed by atoms with E-state index in [9.17, 15) is 13.2 Å². The van der Waals surface area contributed by atoms with Gasteiger partial charge in [0.1, 0.15) is 5.01 Å². The second-order valence-electron chi connectivity index (χ2n) is 3.34. The van der Waals surface area contributed by atoms with Crippen LogP contribution in [0.5, 0.6) is 0 Å². The molecule has 1 aromatic heterocycles. The molecular formula is C11H7ClF3NS. The highest BCUT2D eigenvalue weighted by atomic mass is 35.5. The van der Waals surface area contributed by atoms with Gasteiger partial charge in [0.2, 0.25) is 0 Å². The average Bonchev–Trinajstić information content (AvgIpc) is 2.76. The van der Waals surface area contributed by atoms with Gasteiger partial charge in [0.25, 0.3) is 0 Å². The quantitative estimate of drug-likeness (QED) is 0.733. The zero-order chi connectivity index (χ0) is 12.5. The van der Waals surface area contributed by atoms with Crippen molar-refractivity contribution in [3.05, 3.63) is 40.9 Å². The molecule has 0 radical (unpaired) electrons. The molecule has 0 aliphatic rings. The molecule has 0 aliphatic carbocycles. The standard InChI is InChI=1S/C11H7ClF3NS/c12-5-9-6-16-10(17-9)7-2-1-3-8(4-7)11(13,14)15/h1-4,6H,5H2. The van der Waals surface area contributed by atoms with Crippen molar-refractivity contribution < 1.29 is 13.2 Å². The van der Waals surface area contributed by atoms with E-state index in [1.807, 2.05) is 0 Å². The number of thiazole rings is 1. The summed E-state index contributed by atoms with van der Waals surface area (Å²) in [7, 11) is 0. The van der Waals surface area contributed by atoms with E-state index >= 15 is 0 Å². The summed E-state index contributed by atoms with van der Waals surface area (Å²) >= 11 is 6.92. The molecule has 90 valence electrons. The maximum absolute atomic E-state index is 12.5. The van der Waals surface area contributed by atoms with Crippen LogP contribution in [-0.2, 0) is 12.1 Å². The predicted molar refractivity (Wildman–Crippen MR) is 62.1 cm³/mol. The Hall–Kier alpha value is -1.07. The van der Waals surface area contributed by atoms with Gasteiger partial charge in [0.05, 0.1) is 11.4 Å². The van der Waals surface area contributed by atoms with Gasteiger partial charge < -0.3 is 0 Å². The van der Waals surface area contributed by atoms with Gasteiger partial charge in [0.15, 0.2) is 0 Å². The minimum Gasteiger partial charge on any atom is -0.244 e. The van der Waals surface area contributed by atoms with E-state index in [0.717, 1.165) is 17.0 Å². The number of hydrogen-bond donors (Lipinski definition) is 0. The summed E-state index contributed by atoms with van der Waals surface area (Å²) < 4.78 is 37.6. The maximum Gasteiger partial charge on any atom is 0.416 e. The van der Waals surface area contributed by atoms with Gasteiger partial charge >= 0.3 is 6.18 Å². The van der Waals surface area contributed by atoms with Gasteiger partial charge in [-0.2, -0.15) is 13.2 Å². The Bertz CT molecular complexity index is 521. The number of rotatable bonds is 2. The van der Waals surface area contributed by atoms with E-state index < -0.39 is 11.7 Å². The second-order valence-corrected chi connectivity index (χ2v) is 4.73. The third kappa shape index (κ3) is 2.79. The lowest BCUT2D eigenvalue weighted by Gasteiger charge is -2.07. The minimum atomic E-state index is -4.33. The first kappa shape index (κ1) is 12.4. The number of alkyl halides is 4. The van der Waals surface area contributed by atoms with E-state index in [4.69, 9.17) is 11.6 Å². The molecule has 2 rings (SSSR count). The molecule has 0 spiro atoms. The molecule has 0 unspecified atom stereocenters. The molecule has 0 aliphatic heterocycles. The van der Waals surface area contributed by atoms with Crippen LogP contribution in [0.3, 0.4) is 0 Å². The smallest absolute Gasteiger partial charge is 0.244 e. The first-order valence-corrected chi connectivity index (χ1v) is 6.04. The van der Waals surface area contributed by atoms with Crippen LogP contribution in [0.1, 0.15) is 10.4 Å². The Kier molecular flexibility index (Phi) is 3.40. The van der Waals surface area contributed by atoms with Crippen molar-refractivity contribution >= 4 is 22.9 Å². The Morgan fingerprint density at radius 3 is 2.65 bits per heavy atom. The van der Waals surface area contributed by atoms with E-state index in [-0.39, 0.29) is 0 Å². The molecule has 1 heterocycles. The van der Waals surface area contributed by atoms with E-state index in [2.05, 4.69) is 4.98 Å². The van der Waals surface area contributed by atoms with Crippen LogP contribution in [-0.4, -0.2) is 4.98 Å². The molecule has 0 atom stereocenters. The lowest BCUT2D eigenvalue weighted by Crippen LogP contribution is -2.04. The van der Waals surface area contributed by atoms with Crippen molar-refractivity contribution in [1.29, 1.82) is 0 Å². The van der Waals surface area contributed by atoms with Crippen molar-refractivity contribution in [2.75, 3.05) is 0 Å². The maximum atomic E-state index is 12.5. The van der Waals surface area contributed by atoms with Gasteiger partial charge in [-0.1, -0.05) is 12.1 Å². The van der Waals surface area contributed by atoms with Crippen LogP contribution in [0.4, 0.5) is 13.2 Å². The SMILES string of the molecule is FC(F)(F)c1cccc(-c2ncc(CCl)s2)c1. The number of aromatic nitrogens is 1. The van der Waals surface area contributed by atoms with Crippen molar-refractivity contribution in [2.45, 2.75) is 12.1 Å². The summed E-state index contributed by atoms with van der Waals surface area (Å²) in [5, 5.41) is 0.548. The zero-order valence-electron chi connectivity index (χ0n) is 8.46. The molecule has 6 heteroatoms. The molecule has 1 nitrogen and oxygen atoms in total. The van der Waals surface area contributed by atoms with E-state index in [1.165, 1.54) is 17.4 Å². The summed E-state index contributed by atoms with van der Waals surface area (Å²) in [5.41, 5.74) is -0.209. The molecule has 0 amide bonds. The summed E-state index contributed by atoms with van der Waals surface area (Å²) in [6.45, 7) is 0. The number of nitrogens with zero attached hydrogens (tertiary/aromatic N) is 1. The molecular weight excluding hydrogens is 271 g/mol. The fourth-order valence-corrected chi connectivity index (χ4v) is 2.32. The summed E-state index contributed by atoms with van der Waals surface area (Å²) in [6, 6.07) is 5.11. The molecule has 0 bridgehead atoms. The van der Waals surface area contributed by atoms with Gasteiger partial charge in [0, 0.05) is 16.6 Å². The van der Waals surface area contributed by atoms with Gasteiger partial charge in [-0.3, -0.25) is 0 Å². The lowest BCUT2D eigenvalue weighted by molar-refractivity contribution is -0.137. The number of halogens is 4. The van der Waals surface area contributed by atoms with Gasteiger partial charge in [-0.25, -0.2) is 4.98 Å². The summed E-state index contributed by atoms with van der Waals surface area (Å²) in [4.78, 5) is 4.88. The Morgan fingerprint density at radius 2 is 2.06 bits per heavy atom. The monoisotopic (exact) mass is 277 g/mol. The van der Waals surface area contributed by atoms with Crippen LogP contribution < -0.4 is 0 Å². The molecule has 0 fully saturated rings. The molecule has 0 saturated carbocycles. The number of hydrogen-bond acceptors (Lipinski definition) is 2. The second kappa shape index (κ2) is 4.66. The molecule has 2 aromatic rings. The fraction of sp³-hybridized carbons (Fsp3) is 0.182. The lowest BCUT2D eigenvalue weighted by atomic mass is 10.1. The third-order valence-corrected chi connectivity index (χ3v) is 3.61. The van der Waals surface area contributed by atoms with Gasteiger partial charge in [-0.05, 0) is 12.1 Å². The normalized spacial score (nSPS) is 11.8. The zero-order valence-corrected chi connectivity index (χ0v) is 10.0. The number of benzene rings is 1. The summed E-state index contributed by atoms with van der Waals surface area (Å²) in [5.74, 6) is 0.316. The molecule has 0 N–H and O–H groups in total. The molecule has 17 heavy (non-hydrogen) atoms. The Morgan fingerprint density at radius 1 is 1.29 bits per heavy atom. The first-order chi connectivity index (χ1) is 8.00. The topological polar surface area (TPSA) is 12.9 Å². The van der Waals surface area contributed by atoms with E-state index in [0.29, 0.717) is 16.5 Å². The third-order valence-electron chi connectivity index (χ3n) is 2.12. The highest BCUT2D eigenvalue weighted by Crippen LogP contribution is 2.33. The van der Waals surface area contributed by atoms with Crippen molar-refractivity contribution in [3.8, 4) is 10.6 Å². The largest absolute Gasteiger partial charge is 0.416 e. The van der Waals surface area contributed by atoms with Crippen LogP contribution in [0.2, 0.25) is 0 Å². The Balaban J connectivity index is 2.39.